The third-order valence-electron chi connectivity index (χ3n) is 15.7. The zero-order chi connectivity index (χ0) is 57.6. The van der Waals surface area contributed by atoms with Gasteiger partial charge in [-0.1, -0.05) is 295 Å². The van der Waals surface area contributed by atoms with Gasteiger partial charge in [-0.25, -0.2) is 4.79 Å². The number of ether oxygens (including phenoxy) is 4. The molecule has 79 heavy (non-hydrogen) atoms. The second-order valence-corrected chi connectivity index (χ2v) is 24.8. The SMILES string of the molecule is CCCCCC/C=C\CCCCCCCC(=O)OCC(COC(OCC[N+](C)(C)C)C(=O)O)OC(=O)CCCCCCCCCCCCCCCCCCCCCCCCCCCCCCC/C=C\CCCCCCCCCC. The van der Waals surface area contributed by atoms with Gasteiger partial charge in [-0.15, -0.1) is 0 Å². The molecule has 0 radical (unpaired) electrons. The first-order chi connectivity index (χ1) is 38.6. The number of rotatable bonds is 65. The van der Waals surface area contributed by atoms with Gasteiger partial charge in [-0.2, -0.15) is 0 Å². The van der Waals surface area contributed by atoms with Crippen molar-refractivity contribution in [3.63, 3.8) is 0 Å². The molecule has 0 aromatic heterocycles. The predicted molar refractivity (Wildman–Crippen MR) is 337 cm³/mol. The van der Waals surface area contributed by atoms with E-state index in [-0.39, 0.29) is 38.2 Å². The molecule has 0 amide bonds. The third-order valence-corrected chi connectivity index (χ3v) is 15.7. The fourth-order valence-corrected chi connectivity index (χ4v) is 10.4. The van der Waals surface area contributed by atoms with Crippen LogP contribution in [0.1, 0.15) is 348 Å². The molecule has 0 saturated heterocycles. The van der Waals surface area contributed by atoms with Crippen LogP contribution >= 0.6 is 0 Å². The highest BCUT2D eigenvalue weighted by atomic mass is 16.7. The normalized spacial score (nSPS) is 12.8. The summed E-state index contributed by atoms with van der Waals surface area (Å²) in [6, 6.07) is 0. The van der Waals surface area contributed by atoms with Gasteiger partial charge in [-0.3, -0.25) is 9.59 Å². The zero-order valence-electron chi connectivity index (χ0n) is 53.3. The number of carboxylic acids is 1. The molecular weight excluding hydrogens is 983 g/mol. The highest BCUT2D eigenvalue weighted by molar-refractivity contribution is 5.71. The number of carbonyl (C=O) groups excluding carboxylic acids is 2. The van der Waals surface area contributed by atoms with Crippen molar-refractivity contribution >= 4 is 17.9 Å². The van der Waals surface area contributed by atoms with Gasteiger partial charge in [0.1, 0.15) is 13.2 Å². The average Bonchev–Trinajstić information content (AvgIpc) is 3.42. The van der Waals surface area contributed by atoms with Gasteiger partial charge >= 0.3 is 17.9 Å². The van der Waals surface area contributed by atoms with Crippen molar-refractivity contribution in [2.75, 3.05) is 47.5 Å². The maximum Gasteiger partial charge on any atom is 0.361 e. The van der Waals surface area contributed by atoms with E-state index in [2.05, 4.69) is 38.2 Å². The van der Waals surface area contributed by atoms with E-state index in [0.29, 0.717) is 17.4 Å². The number of likely N-dealkylation sites (N-methyl/N-ethyl adjacent to an activating group) is 1. The first-order valence-corrected chi connectivity index (χ1v) is 34.5. The number of hydrogen-bond donors (Lipinski definition) is 1. The number of esters is 2. The number of carboxylic acid groups (broad SMARTS) is 1. The lowest BCUT2D eigenvalue weighted by Crippen LogP contribution is -2.40. The Hall–Kier alpha value is -2.23. The van der Waals surface area contributed by atoms with Crippen LogP contribution in [0, 0.1) is 0 Å². The fourth-order valence-electron chi connectivity index (χ4n) is 10.4. The van der Waals surface area contributed by atoms with Crippen molar-refractivity contribution in [1.82, 2.24) is 0 Å². The highest BCUT2D eigenvalue weighted by Gasteiger charge is 2.25. The Morgan fingerprint density at radius 1 is 0.367 bits per heavy atom. The monoisotopic (exact) mass is 1120 g/mol. The molecule has 0 aliphatic heterocycles. The summed E-state index contributed by atoms with van der Waals surface area (Å²) in [6.07, 6.45) is 73.3. The van der Waals surface area contributed by atoms with Crippen LogP contribution in [-0.2, 0) is 33.3 Å². The van der Waals surface area contributed by atoms with Crippen LogP contribution in [0.4, 0.5) is 0 Å². The van der Waals surface area contributed by atoms with Gasteiger partial charge < -0.3 is 28.5 Å². The molecular formula is C70H134NO8+. The molecule has 0 heterocycles. The largest absolute Gasteiger partial charge is 0.477 e. The predicted octanol–water partition coefficient (Wildman–Crippen LogP) is 21.0. The maximum absolute atomic E-state index is 12.9. The molecule has 0 saturated carbocycles. The van der Waals surface area contributed by atoms with Gasteiger partial charge in [0.05, 0.1) is 34.4 Å². The maximum atomic E-state index is 12.9. The van der Waals surface area contributed by atoms with E-state index >= 15 is 0 Å². The van der Waals surface area contributed by atoms with Crippen LogP contribution < -0.4 is 0 Å². The second-order valence-electron chi connectivity index (χ2n) is 24.8. The molecule has 0 aliphatic rings. The van der Waals surface area contributed by atoms with Crippen LogP contribution in [0.15, 0.2) is 24.3 Å². The molecule has 0 aromatic carbocycles. The lowest BCUT2D eigenvalue weighted by Gasteiger charge is -2.25. The standard InChI is InChI=1S/C70H133NO8/c1-6-8-10-12-14-16-18-20-21-22-23-24-25-26-27-28-29-30-31-32-33-34-35-36-37-38-39-40-41-42-43-44-45-46-47-49-51-53-55-57-59-61-68(73)79-66(65-78-70(69(74)75)76-63-62-71(3,4)5)64-77-67(72)60-58-56-54-52-50-48-19-17-15-13-11-9-7-2/h17,19,22-23,66,70H,6-16,18,20-21,24-65H2,1-5H3/p+1/b19-17-,23-22-. The van der Waals surface area contributed by atoms with Crippen molar-refractivity contribution < 1.29 is 42.9 Å². The van der Waals surface area contributed by atoms with Crippen molar-refractivity contribution in [2.45, 2.75) is 360 Å². The minimum absolute atomic E-state index is 0.181. The molecule has 1 N–H and O–H groups in total. The highest BCUT2D eigenvalue weighted by Crippen LogP contribution is 2.19. The van der Waals surface area contributed by atoms with Gasteiger partial charge in [0.25, 0.3) is 6.29 Å². The number of carbonyl (C=O) groups is 3. The van der Waals surface area contributed by atoms with E-state index < -0.39 is 18.4 Å². The summed E-state index contributed by atoms with van der Waals surface area (Å²) in [4.78, 5) is 37.4. The minimum Gasteiger partial charge on any atom is -0.477 e. The Bertz CT molecular complexity index is 1340. The first kappa shape index (κ1) is 76.8. The molecule has 0 spiro atoms. The summed E-state index contributed by atoms with van der Waals surface area (Å²) >= 11 is 0. The van der Waals surface area contributed by atoms with Gasteiger partial charge in [-0.05, 0) is 64.2 Å². The fraction of sp³-hybridized carbons (Fsp3) is 0.900. The van der Waals surface area contributed by atoms with Crippen LogP contribution in [0.25, 0.3) is 0 Å². The zero-order valence-corrected chi connectivity index (χ0v) is 53.3. The molecule has 0 rings (SSSR count). The van der Waals surface area contributed by atoms with Crippen molar-refractivity contribution in [1.29, 1.82) is 0 Å². The summed E-state index contributed by atoms with van der Waals surface area (Å²) in [5, 5.41) is 9.70. The summed E-state index contributed by atoms with van der Waals surface area (Å²) in [7, 11) is 5.98. The Labute approximate surface area is 490 Å². The third kappa shape index (κ3) is 63.2. The molecule has 2 atom stereocenters. The molecule has 0 aromatic rings. The summed E-state index contributed by atoms with van der Waals surface area (Å²) in [6.45, 7) is 4.90. The second kappa shape index (κ2) is 61.8. The number of hydrogen-bond acceptors (Lipinski definition) is 7. The first-order valence-electron chi connectivity index (χ1n) is 34.5. The number of allylic oxidation sites excluding steroid dienone is 4. The Kier molecular flexibility index (Phi) is 60.1. The van der Waals surface area contributed by atoms with E-state index in [9.17, 15) is 19.5 Å². The van der Waals surface area contributed by atoms with Crippen LogP contribution in [0.5, 0.6) is 0 Å². The van der Waals surface area contributed by atoms with Crippen molar-refractivity contribution in [3.8, 4) is 0 Å². The number of quaternary nitrogens is 1. The Morgan fingerprint density at radius 3 is 0.949 bits per heavy atom. The van der Waals surface area contributed by atoms with Crippen LogP contribution in [0.2, 0.25) is 0 Å². The van der Waals surface area contributed by atoms with Crippen LogP contribution in [0.3, 0.4) is 0 Å². The van der Waals surface area contributed by atoms with Crippen molar-refractivity contribution in [2.24, 2.45) is 0 Å². The Morgan fingerprint density at radius 2 is 0.646 bits per heavy atom. The number of nitrogens with zero attached hydrogens (tertiary/aromatic N) is 1. The number of unbranched alkanes of at least 4 members (excludes halogenated alkanes) is 46. The van der Waals surface area contributed by atoms with Crippen LogP contribution in [-0.4, -0.2) is 87.4 Å². The molecule has 2 unspecified atom stereocenters. The van der Waals surface area contributed by atoms with Gasteiger partial charge in [0.15, 0.2) is 6.10 Å². The van der Waals surface area contributed by atoms with E-state index in [1.54, 1.807) is 0 Å². The molecule has 9 heteroatoms. The Balaban J connectivity index is 3.86. The minimum atomic E-state index is -1.51. The smallest absolute Gasteiger partial charge is 0.361 e. The van der Waals surface area contributed by atoms with E-state index in [1.165, 1.54) is 270 Å². The molecule has 466 valence electrons. The van der Waals surface area contributed by atoms with E-state index in [4.69, 9.17) is 18.9 Å². The summed E-state index contributed by atoms with van der Waals surface area (Å²) < 4.78 is 22.9. The lowest BCUT2D eigenvalue weighted by atomic mass is 10.0. The lowest BCUT2D eigenvalue weighted by molar-refractivity contribution is -0.870. The molecule has 0 aliphatic carbocycles. The topological polar surface area (TPSA) is 108 Å². The average molecular weight is 1120 g/mol. The van der Waals surface area contributed by atoms with Crippen molar-refractivity contribution in [3.05, 3.63) is 24.3 Å². The number of aliphatic carboxylic acids is 1. The molecule has 0 bridgehead atoms. The van der Waals surface area contributed by atoms with E-state index in [1.807, 2.05) is 21.1 Å². The van der Waals surface area contributed by atoms with Gasteiger partial charge in [0.2, 0.25) is 0 Å². The summed E-state index contributed by atoms with van der Waals surface area (Å²) in [5.41, 5.74) is 0. The molecule has 9 nitrogen and oxygen atoms in total. The summed E-state index contributed by atoms with van der Waals surface area (Å²) in [5.74, 6) is -1.99. The molecule has 0 fully saturated rings. The van der Waals surface area contributed by atoms with Gasteiger partial charge in [0, 0.05) is 12.8 Å². The van der Waals surface area contributed by atoms with E-state index in [0.717, 1.165) is 51.4 Å². The quantitative estimate of drug-likeness (QED) is 0.0211.